The van der Waals surface area contributed by atoms with E-state index in [2.05, 4.69) is 15.4 Å². The van der Waals surface area contributed by atoms with Gasteiger partial charge in [0.2, 0.25) is 5.82 Å². The number of rotatable bonds is 5. The van der Waals surface area contributed by atoms with Gasteiger partial charge in [0.15, 0.2) is 5.78 Å². The number of aliphatic hydroxyl groups is 1. The maximum atomic E-state index is 11.4. The molecule has 0 bridgehead atoms. The average molecular weight is 309 g/mol. The molecule has 7 nitrogen and oxygen atoms in total. The number of nitrogen functional groups attached to an aromatic ring is 1. The molecule has 3 N–H and O–H groups in total. The molecular formula is C16H15N5O2. The van der Waals surface area contributed by atoms with Crippen molar-refractivity contribution < 1.29 is 9.90 Å². The van der Waals surface area contributed by atoms with E-state index in [4.69, 9.17) is 10.8 Å². The Morgan fingerprint density at radius 2 is 1.78 bits per heavy atom. The van der Waals surface area contributed by atoms with Crippen LogP contribution in [0.5, 0.6) is 0 Å². The fourth-order valence-electron chi connectivity index (χ4n) is 2.11. The van der Waals surface area contributed by atoms with Crippen LogP contribution in [0.25, 0.3) is 11.4 Å². The van der Waals surface area contributed by atoms with E-state index in [1.807, 2.05) is 12.1 Å². The number of aliphatic hydroxyl groups excluding tert-OH is 1. The van der Waals surface area contributed by atoms with Crippen LogP contribution in [0.1, 0.15) is 15.9 Å². The third-order valence-electron chi connectivity index (χ3n) is 3.37. The van der Waals surface area contributed by atoms with Gasteiger partial charge in [-0.3, -0.25) is 4.79 Å². The Kier molecular flexibility index (Phi) is 4.11. The molecule has 3 aromatic rings. The molecule has 0 radical (unpaired) electrons. The highest BCUT2D eigenvalue weighted by atomic mass is 16.3. The monoisotopic (exact) mass is 309 g/mol. The Balaban J connectivity index is 1.74. The van der Waals surface area contributed by atoms with Crippen molar-refractivity contribution in [2.75, 3.05) is 12.3 Å². The molecule has 0 aliphatic heterocycles. The van der Waals surface area contributed by atoms with Crippen LogP contribution in [0.2, 0.25) is 0 Å². The molecule has 0 saturated heterocycles. The molecule has 0 aliphatic carbocycles. The Morgan fingerprint density at radius 3 is 2.43 bits per heavy atom. The molecule has 0 saturated carbocycles. The van der Waals surface area contributed by atoms with Crippen LogP contribution in [-0.2, 0) is 6.54 Å². The van der Waals surface area contributed by atoms with Crippen molar-refractivity contribution in [3.63, 3.8) is 0 Å². The van der Waals surface area contributed by atoms with Crippen LogP contribution in [0.4, 0.5) is 5.69 Å². The maximum Gasteiger partial charge on any atom is 0.204 e. The van der Waals surface area contributed by atoms with E-state index in [1.54, 1.807) is 36.4 Å². The maximum absolute atomic E-state index is 11.4. The lowest BCUT2D eigenvalue weighted by Crippen LogP contribution is -2.06. The highest BCUT2D eigenvalue weighted by Crippen LogP contribution is 2.15. The summed E-state index contributed by atoms with van der Waals surface area (Å²) in [4.78, 5) is 12.8. The topological polar surface area (TPSA) is 107 Å². The zero-order valence-corrected chi connectivity index (χ0v) is 12.3. The number of anilines is 1. The summed E-state index contributed by atoms with van der Waals surface area (Å²) in [5, 5.41) is 21.2. The summed E-state index contributed by atoms with van der Waals surface area (Å²) in [6.45, 7) is -0.0511. The lowest BCUT2D eigenvalue weighted by molar-refractivity contribution is 0.0903. The Labute approximate surface area is 132 Å². The summed E-state index contributed by atoms with van der Waals surface area (Å²) in [7, 11) is 0. The van der Waals surface area contributed by atoms with E-state index in [1.165, 1.54) is 4.80 Å². The molecule has 0 fully saturated rings. The Hall–Kier alpha value is -3.06. The normalized spacial score (nSPS) is 10.7. The van der Waals surface area contributed by atoms with E-state index in [9.17, 15) is 4.79 Å². The van der Waals surface area contributed by atoms with Gasteiger partial charge in [-0.25, -0.2) is 0 Å². The fourth-order valence-corrected chi connectivity index (χ4v) is 2.11. The van der Waals surface area contributed by atoms with Crippen molar-refractivity contribution in [1.29, 1.82) is 0 Å². The number of tetrazole rings is 1. The second-order valence-corrected chi connectivity index (χ2v) is 5.04. The minimum absolute atomic E-state index is 0.305. The number of nitrogens with zero attached hydrogens (tertiary/aromatic N) is 4. The first kappa shape index (κ1) is 14.9. The van der Waals surface area contributed by atoms with Gasteiger partial charge in [0, 0.05) is 16.8 Å². The molecule has 23 heavy (non-hydrogen) atoms. The zero-order chi connectivity index (χ0) is 16.2. The summed E-state index contributed by atoms with van der Waals surface area (Å²) >= 11 is 0. The van der Waals surface area contributed by atoms with Crippen LogP contribution in [-0.4, -0.2) is 37.7 Å². The van der Waals surface area contributed by atoms with Gasteiger partial charge in [-0.1, -0.05) is 24.3 Å². The minimum Gasteiger partial charge on any atom is -0.399 e. The second kappa shape index (κ2) is 6.37. The molecule has 1 aromatic heterocycles. The van der Waals surface area contributed by atoms with E-state index >= 15 is 0 Å². The van der Waals surface area contributed by atoms with Gasteiger partial charge in [0.1, 0.15) is 6.61 Å². The molecule has 3 rings (SSSR count). The molecule has 0 amide bonds. The fraction of sp³-hybridized carbons (Fsp3) is 0.125. The first-order valence-corrected chi connectivity index (χ1v) is 7.02. The lowest BCUT2D eigenvalue weighted by Gasteiger charge is -2.01. The molecule has 0 aliphatic rings. The Morgan fingerprint density at radius 1 is 1.09 bits per heavy atom. The molecular weight excluding hydrogens is 294 g/mol. The van der Waals surface area contributed by atoms with Crippen molar-refractivity contribution in [3.8, 4) is 11.4 Å². The zero-order valence-electron chi connectivity index (χ0n) is 12.3. The number of nitrogens with two attached hydrogens (primary N) is 1. The molecule has 7 heteroatoms. The standard InChI is InChI=1S/C16H15N5O2/c17-14-7-5-13(6-8-14)16-18-20-21(19-16)9-11-1-3-12(4-2-11)15(23)10-22/h1-8,22H,9-10,17H2. The van der Waals surface area contributed by atoms with Crippen molar-refractivity contribution in [1.82, 2.24) is 20.2 Å². The van der Waals surface area contributed by atoms with Gasteiger partial charge in [-0.15, -0.1) is 10.2 Å². The summed E-state index contributed by atoms with van der Waals surface area (Å²) < 4.78 is 0. The number of carbonyl (C=O) groups is 1. The smallest absolute Gasteiger partial charge is 0.204 e. The third-order valence-corrected chi connectivity index (χ3v) is 3.37. The molecule has 0 atom stereocenters. The summed E-state index contributed by atoms with van der Waals surface area (Å²) in [5.74, 6) is 0.221. The first-order chi connectivity index (χ1) is 11.2. The molecule has 116 valence electrons. The van der Waals surface area contributed by atoms with Gasteiger partial charge in [0.25, 0.3) is 0 Å². The number of aromatic nitrogens is 4. The average Bonchev–Trinajstić information content (AvgIpc) is 3.04. The lowest BCUT2D eigenvalue weighted by atomic mass is 10.1. The predicted molar refractivity (Wildman–Crippen MR) is 84.6 cm³/mol. The number of carbonyl (C=O) groups excluding carboxylic acids is 1. The van der Waals surface area contributed by atoms with E-state index in [0.29, 0.717) is 23.6 Å². The van der Waals surface area contributed by atoms with Crippen molar-refractivity contribution >= 4 is 11.5 Å². The van der Waals surface area contributed by atoms with E-state index in [0.717, 1.165) is 11.1 Å². The van der Waals surface area contributed by atoms with Gasteiger partial charge in [-0.05, 0) is 35.0 Å². The number of ketones is 1. The highest BCUT2D eigenvalue weighted by Gasteiger charge is 2.07. The summed E-state index contributed by atoms with van der Waals surface area (Å²) in [5.41, 5.74) is 8.58. The predicted octanol–water partition coefficient (Wildman–Crippen LogP) is 1.15. The summed E-state index contributed by atoms with van der Waals surface area (Å²) in [6.07, 6.45) is 0. The van der Waals surface area contributed by atoms with Crippen LogP contribution >= 0.6 is 0 Å². The van der Waals surface area contributed by atoms with Crippen LogP contribution in [0.15, 0.2) is 48.5 Å². The van der Waals surface area contributed by atoms with Crippen molar-refractivity contribution in [3.05, 3.63) is 59.7 Å². The first-order valence-electron chi connectivity index (χ1n) is 7.02. The van der Waals surface area contributed by atoms with Gasteiger partial charge in [-0.2, -0.15) is 4.80 Å². The number of Topliss-reactive ketones (excluding diaryl/α,β-unsaturated/α-hetero) is 1. The van der Waals surface area contributed by atoms with E-state index < -0.39 is 6.61 Å². The second-order valence-electron chi connectivity index (χ2n) is 5.04. The summed E-state index contributed by atoms with van der Waals surface area (Å²) in [6, 6.07) is 14.2. The molecule has 0 spiro atoms. The quantitative estimate of drug-likeness (QED) is 0.541. The SMILES string of the molecule is Nc1ccc(-c2nnn(Cc3ccc(C(=O)CO)cc3)n2)cc1. The number of benzene rings is 2. The molecule has 1 heterocycles. The van der Waals surface area contributed by atoms with Gasteiger partial charge >= 0.3 is 0 Å². The van der Waals surface area contributed by atoms with Gasteiger partial charge < -0.3 is 10.8 Å². The van der Waals surface area contributed by atoms with Crippen LogP contribution < -0.4 is 5.73 Å². The van der Waals surface area contributed by atoms with Crippen molar-refractivity contribution in [2.24, 2.45) is 0 Å². The highest BCUT2D eigenvalue weighted by molar-refractivity contribution is 5.96. The van der Waals surface area contributed by atoms with E-state index in [-0.39, 0.29) is 5.78 Å². The largest absolute Gasteiger partial charge is 0.399 e. The molecule has 0 unspecified atom stereocenters. The Bertz CT molecular complexity index is 809. The van der Waals surface area contributed by atoms with Crippen LogP contribution in [0, 0.1) is 0 Å². The molecule has 2 aromatic carbocycles. The van der Waals surface area contributed by atoms with Gasteiger partial charge in [0.05, 0.1) is 6.54 Å². The third kappa shape index (κ3) is 3.41. The van der Waals surface area contributed by atoms with Crippen molar-refractivity contribution in [2.45, 2.75) is 6.54 Å². The minimum atomic E-state index is -0.491. The number of hydrogen-bond acceptors (Lipinski definition) is 6. The number of hydrogen-bond donors (Lipinski definition) is 2. The van der Waals surface area contributed by atoms with Crippen LogP contribution in [0.3, 0.4) is 0 Å².